The van der Waals surface area contributed by atoms with Gasteiger partial charge in [0.1, 0.15) is 0 Å². The van der Waals surface area contributed by atoms with Gasteiger partial charge in [-0.05, 0) is 23.6 Å². The Morgan fingerprint density at radius 2 is 2.17 bits per heavy atom. The first kappa shape index (κ1) is 7.35. The second kappa shape index (κ2) is 2.63. The van der Waals surface area contributed by atoms with Gasteiger partial charge in [0.2, 0.25) is 0 Å². The maximum atomic E-state index is 4.25. The van der Waals surface area contributed by atoms with E-state index in [2.05, 4.69) is 35.9 Å². The van der Waals surface area contributed by atoms with Crippen LogP contribution in [0.2, 0.25) is 0 Å². The average molecular weight is 160 g/mol. The van der Waals surface area contributed by atoms with E-state index in [1.165, 1.54) is 5.56 Å². The lowest BCUT2D eigenvalue weighted by Crippen LogP contribution is -1.81. The summed E-state index contributed by atoms with van der Waals surface area (Å²) in [5.41, 5.74) is 3.53. The Morgan fingerprint density at radius 3 is 2.83 bits per heavy atom. The molecule has 62 valence electrons. The fraction of sp³-hybridized carbons (Fsp3) is 0.300. The lowest BCUT2D eigenvalue weighted by molar-refractivity contribution is 0.871. The van der Waals surface area contributed by atoms with E-state index in [9.17, 15) is 0 Å². The normalized spacial score (nSPS) is 11.2. The van der Waals surface area contributed by atoms with Gasteiger partial charge in [0.15, 0.2) is 0 Å². The number of fused-ring (bicyclic) bond motifs is 1. The van der Waals surface area contributed by atoms with Crippen molar-refractivity contribution in [1.82, 2.24) is 9.97 Å². The first-order valence-electron chi connectivity index (χ1n) is 4.20. The minimum absolute atomic E-state index is 0.576. The van der Waals surface area contributed by atoms with E-state index in [1.54, 1.807) is 6.20 Å². The van der Waals surface area contributed by atoms with Crippen LogP contribution in [0.5, 0.6) is 0 Å². The zero-order chi connectivity index (χ0) is 8.55. The van der Waals surface area contributed by atoms with Crippen LogP contribution in [0.15, 0.2) is 24.5 Å². The van der Waals surface area contributed by atoms with Crippen LogP contribution >= 0.6 is 0 Å². The summed E-state index contributed by atoms with van der Waals surface area (Å²) in [6, 6.07) is 4.30. The molecular formula is C10H12N2. The highest BCUT2D eigenvalue weighted by molar-refractivity contribution is 5.60. The number of nitrogens with zero attached hydrogens (tertiary/aromatic N) is 1. The van der Waals surface area contributed by atoms with Crippen molar-refractivity contribution in [3.05, 3.63) is 30.1 Å². The van der Waals surface area contributed by atoms with Gasteiger partial charge < -0.3 is 4.98 Å². The van der Waals surface area contributed by atoms with Gasteiger partial charge in [0.25, 0.3) is 0 Å². The smallest absolute Gasteiger partial charge is 0.0867 e. The largest absolute Gasteiger partial charge is 0.358 e. The summed E-state index contributed by atoms with van der Waals surface area (Å²) < 4.78 is 0. The fourth-order valence-corrected chi connectivity index (χ4v) is 1.32. The molecule has 0 spiro atoms. The van der Waals surface area contributed by atoms with E-state index in [-0.39, 0.29) is 0 Å². The Labute approximate surface area is 72.0 Å². The van der Waals surface area contributed by atoms with Crippen LogP contribution in [-0.4, -0.2) is 9.97 Å². The van der Waals surface area contributed by atoms with Crippen LogP contribution in [0.3, 0.4) is 0 Å². The molecule has 0 aromatic carbocycles. The third-order valence-corrected chi connectivity index (χ3v) is 2.08. The third kappa shape index (κ3) is 1.09. The molecule has 0 saturated heterocycles. The molecule has 1 aliphatic heterocycles. The average Bonchev–Trinajstić information content (AvgIpc) is 2.46. The number of aromatic nitrogens is 2. The van der Waals surface area contributed by atoms with Crippen LogP contribution in [-0.2, 0) is 0 Å². The number of hydrogen-bond acceptors (Lipinski definition) is 1. The Hall–Kier alpha value is -1.31. The molecule has 2 nitrogen and oxygen atoms in total. The van der Waals surface area contributed by atoms with Crippen LogP contribution in [0.25, 0.3) is 11.4 Å². The van der Waals surface area contributed by atoms with E-state index < -0.39 is 0 Å². The molecule has 1 aliphatic carbocycles. The minimum Gasteiger partial charge on any atom is -0.358 e. The molecule has 0 saturated carbocycles. The molecule has 0 fully saturated rings. The van der Waals surface area contributed by atoms with Crippen molar-refractivity contribution in [3.63, 3.8) is 0 Å². The summed E-state index contributed by atoms with van der Waals surface area (Å²) in [5.74, 6) is 0.576. The standard InChI is InChI=1S/C10H12N2/c1-7(2)8-5-9-10(6-8)12-4-3-11-9/h3-7,11H,1-2H3. The number of hydrogen-bond donors (Lipinski definition) is 1. The molecule has 12 heavy (non-hydrogen) atoms. The SMILES string of the molecule is CC(C)c1cc2ncc[nH]c-2c1. The molecule has 0 radical (unpaired) electrons. The van der Waals surface area contributed by atoms with Crippen molar-refractivity contribution < 1.29 is 0 Å². The summed E-state index contributed by atoms with van der Waals surface area (Å²) in [6.45, 7) is 4.38. The zero-order valence-corrected chi connectivity index (χ0v) is 7.33. The van der Waals surface area contributed by atoms with Gasteiger partial charge in [0.05, 0.1) is 11.4 Å². The van der Waals surface area contributed by atoms with Crippen LogP contribution in [0.4, 0.5) is 0 Å². The Morgan fingerprint density at radius 1 is 1.33 bits per heavy atom. The van der Waals surface area contributed by atoms with Gasteiger partial charge in [0, 0.05) is 12.4 Å². The lowest BCUT2D eigenvalue weighted by atomic mass is 10.1. The van der Waals surface area contributed by atoms with Crippen LogP contribution in [0.1, 0.15) is 25.3 Å². The maximum absolute atomic E-state index is 4.25. The first-order valence-corrected chi connectivity index (χ1v) is 4.20. The van der Waals surface area contributed by atoms with Crippen LogP contribution < -0.4 is 0 Å². The molecule has 0 bridgehead atoms. The van der Waals surface area contributed by atoms with E-state index in [0.717, 1.165) is 11.4 Å². The first-order chi connectivity index (χ1) is 5.77. The van der Waals surface area contributed by atoms with Crippen molar-refractivity contribution in [1.29, 1.82) is 0 Å². The summed E-state index contributed by atoms with van der Waals surface area (Å²) in [7, 11) is 0. The highest BCUT2D eigenvalue weighted by Gasteiger charge is 2.08. The van der Waals surface area contributed by atoms with Crippen molar-refractivity contribution in [2.75, 3.05) is 0 Å². The van der Waals surface area contributed by atoms with Crippen molar-refractivity contribution >= 4 is 0 Å². The molecule has 0 unspecified atom stereocenters. The summed E-state index contributed by atoms with van der Waals surface area (Å²) in [5, 5.41) is 0. The van der Waals surface area contributed by atoms with Gasteiger partial charge in [-0.1, -0.05) is 13.8 Å². The van der Waals surface area contributed by atoms with E-state index >= 15 is 0 Å². The summed E-state index contributed by atoms with van der Waals surface area (Å²) in [6.07, 6.45) is 3.64. The molecule has 1 heterocycles. The molecule has 0 atom stereocenters. The van der Waals surface area contributed by atoms with E-state index in [0.29, 0.717) is 5.92 Å². The lowest BCUT2D eigenvalue weighted by Gasteiger charge is -1.96. The van der Waals surface area contributed by atoms with Crippen molar-refractivity contribution in [2.24, 2.45) is 0 Å². The van der Waals surface area contributed by atoms with Crippen molar-refractivity contribution in [2.45, 2.75) is 19.8 Å². The van der Waals surface area contributed by atoms with Crippen molar-refractivity contribution in [3.8, 4) is 11.4 Å². The highest BCUT2D eigenvalue weighted by Crippen LogP contribution is 2.25. The fourth-order valence-electron chi connectivity index (χ4n) is 1.32. The number of aromatic amines is 1. The Bertz CT molecular complexity index is 319. The third-order valence-electron chi connectivity index (χ3n) is 2.08. The molecule has 2 heteroatoms. The topological polar surface area (TPSA) is 28.7 Å². The summed E-state index contributed by atoms with van der Waals surface area (Å²) in [4.78, 5) is 7.42. The molecule has 0 aromatic heterocycles. The molecule has 2 rings (SSSR count). The Kier molecular flexibility index (Phi) is 1.61. The Balaban J connectivity index is 2.56. The van der Waals surface area contributed by atoms with Crippen LogP contribution in [0, 0.1) is 0 Å². The van der Waals surface area contributed by atoms with Gasteiger partial charge in [-0.3, -0.25) is 4.98 Å². The van der Waals surface area contributed by atoms with E-state index in [4.69, 9.17) is 0 Å². The number of H-pyrrole nitrogens is 1. The van der Waals surface area contributed by atoms with Gasteiger partial charge in [-0.15, -0.1) is 0 Å². The minimum atomic E-state index is 0.576. The summed E-state index contributed by atoms with van der Waals surface area (Å²) >= 11 is 0. The number of nitrogens with one attached hydrogen (secondary N) is 1. The quantitative estimate of drug-likeness (QED) is 0.682. The van der Waals surface area contributed by atoms with E-state index in [1.807, 2.05) is 6.20 Å². The highest BCUT2D eigenvalue weighted by atomic mass is 14.8. The molecular weight excluding hydrogens is 148 g/mol. The molecule has 0 amide bonds. The second-order valence-corrected chi connectivity index (χ2v) is 3.33. The van der Waals surface area contributed by atoms with Gasteiger partial charge in [-0.25, -0.2) is 0 Å². The second-order valence-electron chi connectivity index (χ2n) is 3.33. The van der Waals surface area contributed by atoms with Gasteiger partial charge in [-0.2, -0.15) is 0 Å². The maximum Gasteiger partial charge on any atom is 0.0867 e. The zero-order valence-electron chi connectivity index (χ0n) is 7.33. The predicted octanol–water partition coefficient (Wildman–Crippen LogP) is 2.64. The monoisotopic (exact) mass is 160 g/mol. The molecule has 2 aliphatic rings. The molecule has 1 N–H and O–H groups in total. The predicted molar refractivity (Wildman–Crippen MR) is 49.3 cm³/mol. The van der Waals surface area contributed by atoms with Gasteiger partial charge >= 0.3 is 0 Å². The number of rotatable bonds is 1. The molecule has 0 aromatic rings.